The van der Waals surface area contributed by atoms with Crippen LogP contribution in [0.1, 0.15) is 12.8 Å². The molecule has 0 amide bonds. The summed E-state index contributed by atoms with van der Waals surface area (Å²) in [4.78, 5) is 10.7. The number of aliphatic hydroxyl groups is 1. The lowest BCUT2D eigenvalue weighted by atomic mass is 10.0. The predicted molar refractivity (Wildman–Crippen MR) is 39.2 cm³/mol. The summed E-state index contributed by atoms with van der Waals surface area (Å²) in [7, 11) is 0. The van der Waals surface area contributed by atoms with Crippen molar-refractivity contribution in [1.29, 1.82) is 0 Å². The third kappa shape index (κ3) is 1.23. The van der Waals surface area contributed by atoms with Gasteiger partial charge in [-0.3, -0.25) is 0 Å². The number of ether oxygens (including phenoxy) is 2. The lowest BCUT2D eigenvalue weighted by Crippen LogP contribution is -2.40. The summed E-state index contributed by atoms with van der Waals surface area (Å²) in [6.45, 7) is 0.234. The second-order valence-electron chi connectivity index (χ2n) is 3.07. The van der Waals surface area contributed by atoms with E-state index >= 15 is 0 Å². The molecule has 0 radical (unpaired) electrons. The fourth-order valence-corrected chi connectivity index (χ4v) is 1.41. The quantitative estimate of drug-likeness (QED) is 0.518. The van der Waals surface area contributed by atoms with E-state index in [4.69, 9.17) is 14.6 Å². The standard InChI is InChI=1S/C8H10O4/c9-6-1-3-8(11-5-6)4-2-7(10)12-8/h2,4,6,9H,1,3,5H2/t6-,8+/m0/s1. The van der Waals surface area contributed by atoms with Crippen LogP contribution in [-0.2, 0) is 14.3 Å². The van der Waals surface area contributed by atoms with Crippen molar-refractivity contribution in [3.8, 4) is 0 Å². The molecule has 0 aliphatic carbocycles. The summed E-state index contributed by atoms with van der Waals surface area (Å²) in [6, 6.07) is 0. The minimum Gasteiger partial charge on any atom is -0.426 e. The first-order chi connectivity index (χ1) is 5.70. The summed E-state index contributed by atoms with van der Waals surface area (Å²) in [5, 5.41) is 9.13. The molecule has 0 unspecified atom stereocenters. The number of esters is 1. The smallest absolute Gasteiger partial charge is 0.333 e. The molecule has 2 rings (SSSR count). The summed E-state index contributed by atoms with van der Waals surface area (Å²) >= 11 is 0. The fraction of sp³-hybridized carbons (Fsp3) is 0.625. The Morgan fingerprint density at radius 2 is 2.50 bits per heavy atom. The topological polar surface area (TPSA) is 55.8 Å². The molecule has 2 aliphatic heterocycles. The van der Waals surface area contributed by atoms with E-state index < -0.39 is 11.9 Å². The zero-order valence-corrected chi connectivity index (χ0v) is 6.53. The molecule has 1 fully saturated rings. The van der Waals surface area contributed by atoms with Gasteiger partial charge in [0.05, 0.1) is 12.7 Å². The van der Waals surface area contributed by atoms with Crippen molar-refractivity contribution in [2.24, 2.45) is 0 Å². The van der Waals surface area contributed by atoms with Crippen LogP contribution < -0.4 is 0 Å². The van der Waals surface area contributed by atoms with Gasteiger partial charge in [-0.1, -0.05) is 0 Å². The highest BCUT2D eigenvalue weighted by atomic mass is 16.7. The highest BCUT2D eigenvalue weighted by Gasteiger charge is 2.40. The van der Waals surface area contributed by atoms with Gasteiger partial charge in [-0.2, -0.15) is 0 Å². The van der Waals surface area contributed by atoms with Crippen LogP contribution in [0.3, 0.4) is 0 Å². The van der Waals surface area contributed by atoms with Crippen LogP contribution in [0.2, 0.25) is 0 Å². The molecule has 0 aromatic rings. The molecule has 2 heterocycles. The Balaban J connectivity index is 2.05. The lowest BCUT2D eigenvalue weighted by molar-refractivity contribution is -0.226. The van der Waals surface area contributed by atoms with Crippen LogP contribution in [-0.4, -0.2) is 29.6 Å². The summed E-state index contributed by atoms with van der Waals surface area (Å²) in [5.74, 6) is -1.23. The van der Waals surface area contributed by atoms with Gasteiger partial charge in [-0.25, -0.2) is 4.79 Å². The van der Waals surface area contributed by atoms with E-state index in [0.29, 0.717) is 12.8 Å². The Morgan fingerprint density at radius 1 is 1.67 bits per heavy atom. The van der Waals surface area contributed by atoms with E-state index in [1.165, 1.54) is 6.08 Å². The normalized spacial score (nSPS) is 40.4. The third-order valence-corrected chi connectivity index (χ3v) is 2.09. The molecule has 4 heteroatoms. The largest absolute Gasteiger partial charge is 0.426 e. The number of hydrogen-bond acceptors (Lipinski definition) is 4. The number of carbonyl (C=O) groups excluding carboxylic acids is 1. The van der Waals surface area contributed by atoms with Crippen molar-refractivity contribution < 1.29 is 19.4 Å². The van der Waals surface area contributed by atoms with E-state index in [-0.39, 0.29) is 12.6 Å². The van der Waals surface area contributed by atoms with E-state index in [0.717, 1.165) is 0 Å². The molecule has 2 atom stereocenters. The number of rotatable bonds is 0. The monoisotopic (exact) mass is 170 g/mol. The average molecular weight is 170 g/mol. The maximum absolute atomic E-state index is 10.7. The van der Waals surface area contributed by atoms with E-state index in [1.54, 1.807) is 6.08 Å². The summed E-state index contributed by atoms with van der Waals surface area (Å²) in [5.41, 5.74) is 0. The summed E-state index contributed by atoms with van der Waals surface area (Å²) < 4.78 is 10.2. The van der Waals surface area contributed by atoms with E-state index in [2.05, 4.69) is 0 Å². The Labute approximate surface area is 69.8 Å². The van der Waals surface area contributed by atoms with E-state index in [9.17, 15) is 4.79 Å². The molecule has 0 saturated carbocycles. The molecule has 0 aromatic heterocycles. The SMILES string of the molecule is O=C1C=C[C@@]2(CC[C@H](O)CO2)O1. The van der Waals surface area contributed by atoms with Crippen LogP contribution in [0, 0.1) is 0 Å². The first kappa shape index (κ1) is 7.76. The molecule has 66 valence electrons. The van der Waals surface area contributed by atoms with Crippen molar-refractivity contribution in [1.82, 2.24) is 0 Å². The molecule has 0 aromatic carbocycles. The minimum absolute atomic E-state index is 0.234. The molecular weight excluding hydrogens is 160 g/mol. The number of carbonyl (C=O) groups is 1. The number of aliphatic hydroxyl groups excluding tert-OH is 1. The molecule has 1 spiro atoms. The Morgan fingerprint density at radius 3 is 3.00 bits per heavy atom. The van der Waals surface area contributed by atoms with Crippen molar-refractivity contribution in [3.63, 3.8) is 0 Å². The molecule has 1 saturated heterocycles. The van der Waals surface area contributed by atoms with Crippen LogP contribution in [0.15, 0.2) is 12.2 Å². The first-order valence-corrected chi connectivity index (χ1v) is 3.94. The second kappa shape index (κ2) is 2.57. The van der Waals surface area contributed by atoms with Crippen molar-refractivity contribution in [2.45, 2.75) is 24.7 Å². The van der Waals surface area contributed by atoms with Gasteiger partial charge in [-0.15, -0.1) is 0 Å². The van der Waals surface area contributed by atoms with Gasteiger partial charge in [0.1, 0.15) is 0 Å². The van der Waals surface area contributed by atoms with Gasteiger partial charge >= 0.3 is 5.97 Å². The van der Waals surface area contributed by atoms with Gasteiger partial charge in [0, 0.05) is 12.5 Å². The maximum atomic E-state index is 10.7. The molecule has 0 bridgehead atoms. The fourth-order valence-electron chi connectivity index (χ4n) is 1.41. The van der Waals surface area contributed by atoms with Crippen molar-refractivity contribution in [2.75, 3.05) is 6.61 Å². The van der Waals surface area contributed by atoms with Gasteiger partial charge in [0.15, 0.2) is 0 Å². The zero-order valence-electron chi connectivity index (χ0n) is 6.53. The van der Waals surface area contributed by atoms with Crippen LogP contribution in [0.25, 0.3) is 0 Å². The lowest BCUT2D eigenvalue weighted by Gasteiger charge is -2.32. The van der Waals surface area contributed by atoms with Gasteiger partial charge in [-0.05, 0) is 12.5 Å². The highest BCUT2D eigenvalue weighted by Crippen LogP contribution is 2.31. The Kier molecular flexibility index (Phi) is 1.66. The second-order valence-corrected chi connectivity index (χ2v) is 3.07. The molecular formula is C8H10O4. The minimum atomic E-state index is -0.865. The number of hydrogen-bond donors (Lipinski definition) is 1. The van der Waals surface area contributed by atoms with Gasteiger partial charge in [0.2, 0.25) is 5.79 Å². The first-order valence-electron chi connectivity index (χ1n) is 3.94. The molecule has 4 nitrogen and oxygen atoms in total. The van der Waals surface area contributed by atoms with Crippen LogP contribution in [0.5, 0.6) is 0 Å². The Bertz CT molecular complexity index is 225. The molecule has 12 heavy (non-hydrogen) atoms. The van der Waals surface area contributed by atoms with E-state index in [1.807, 2.05) is 0 Å². The predicted octanol–water partition coefficient (Wildman–Crippen LogP) is -0.0330. The summed E-state index contributed by atoms with van der Waals surface area (Å²) in [6.07, 6.45) is 3.69. The van der Waals surface area contributed by atoms with Crippen molar-refractivity contribution in [3.05, 3.63) is 12.2 Å². The average Bonchev–Trinajstić information content (AvgIpc) is 2.40. The van der Waals surface area contributed by atoms with Crippen molar-refractivity contribution >= 4 is 5.97 Å². The van der Waals surface area contributed by atoms with Crippen LogP contribution in [0.4, 0.5) is 0 Å². The Hall–Kier alpha value is -0.870. The van der Waals surface area contributed by atoms with Gasteiger partial charge < -0.3 is 14.6 Å². The maximum Gasteiger partial charge on any atom is 0.333 e. The zero-order chi connectivity index (χ0) is 8.60. The molecule has 2 aliphatic rings. The molecule has 1 N–H and O–H groups in total. The highest BCUT2D eigenvalue weighted by molar-refractivity contribution is 5.84. The van der Waals surface area contributed by atoms with Crippen LogP contribution >= 0.6 is 0 Å². The van der Waals surface area contributed by atoms with Gasteiger partial charge in [0.25, 0.3) is 0 Å². The third-order valence-electron chi connectivity index (χ3n) is 2.09.